The van der Waals surface area contributed by atoms with Crippen LogP contribution in [0.5, 0.6) is 0 Å². The van der Waals surface area contributed by atoms with Gasteiger partial charge in [0.05, 0.1) is 5.41 Å². The highest BCUT2D eigenvalue weighted by Gasteiger charge is 2.32. The predicted octanol–water partition coefficient (Wildman–Crippen LogP) is 3.06. The van der Waals surface area contributed by atoms with Crippen molar-refractivity contribution in [2.45, 2.75) is 53.2 Å². The highest BCUT2D eigenvalue weighted by molar-refractivity contribution is 5.76. The first kappa shape index (κ1) is 15.7. The summed E-state index contributed by atoms with van der Waals surface area (Å²) in [6, 6.07) is 8.05. The molecule has 19 heavy (non-hydrogen) atoms. The van der Waals surface area contributed by atoms with Crippen molar-refractivity contribution in [3.05, 3.63) is 35.4 Å². The van der Waals surface area contributed by atoms with Gasteiger partial charge in [-0.2, -0.15) is 0 Å². The fraction of sp³-hybridized carbons (Fsp3) is 0.562. The van der Waals surface area contributed by atoms with Gasteiger partial charge < -0.3 is 10.5 Å². The third kappa shape index (κ3) is 5.03. The van der Waals surface area contributed by atoms with Crippen LogP contribution >= 0.6 is 0 Å². The Morgan fingerprint density at radius 1 is 1.05 bits per heavy atom. The molecule has 3 nitrogen and oxygen atoms in total. The van der Waals surface area contributed by atoms with Crippen molar-refractivity contribution in [2.75, 3.05) is 0 Å². The summed E-state index contributed by atoms with van der Waals surface area (Å²) in [6.45, 7) is 10.0. The van der Waals surface area contributed by atoms with Crippen LogP contribution in [-0.2, 0) is 22.5 Å². The highest BCUT2D eigenvalue weighted by Crippen LogP contribution is 2.26. The molecule has 1 aromatic rings. The fourth-order valence-electron chi connectivity index (χ4n) is 1.79. The van der Waals surface area contributed by atoms with Crippen LogP contribution in [0.2, 0.25) is 0 Å². The second-order valence-electron chi connectivity index (χ2n) is 6.58. The smallest absolute Gasteiger partial charge is 0.312 e. The molecule has 0 aliphatic heterocycles. The molecule has 0 amide bonds. The van der Waals surface area contributed by atoms with E-state index in [1.54, 1.807) is 0 Å². The van der Waals surface area contributed by atoms with Gasteiger partial charge in [0.1, 0.15) is 5.60 Å². The standard InChI is InChI=1S/C16H25NO2/c1-15(2,3)19-14(18)16(4,5)10-12-6-8-13(11-17)9-7-12/h6-9H,10-11,17H2,1-5H3. The van der Waals surface area contributed by atoms with Gasteiger partial charge in [-0.25, -0.2) is 0 Å². The second-order valence-corrected chi connectivity index (χ2v) is 6.58. The number of benzene rings is 1. The van der Waals surface area contributed by atoms with Crippen LogP contribution in [0.4, 0.5) is 0 Å². The van der Waals surface area contributed by atoms with Gasteiger partial charge in [-0.05, 0) is 52.2 Å². The molecular formula is C16H25NO2. The molecule has 0 aliphatic rings. The molecule has 0 fully saturated rings. The molecule has 0 heterocycles. The van der Waals surface area contributed by atoms with E-state index < -0.39 is 11.0 Å². The molecule has 1 aromatic carbocycles. The normalized spacial score (nSPS) is 12.3. The second kappa shape index (κ2) is 5.74. The van der Waals surface area contributed by atoms with Crippen LogP contribution in [0.1, 0.15) is 45.7 Å². The largest absolute Gasteiger partial charge is 0.460 e. The summed E-state index contributed by atoms with van der Waals surface area (Å²) >= 11 is 0. The SMILES string of the molecule is CC(C)(C)OC(=O)C(C)(C)Cc1ccc(CN)cc1. The minimum Gasteiger partial charge on any atom is -0.460 e. The van der Waals surface area contributed by atoms with Gasteiger partial charge in [0.25, 0.3) is 0 Å². The van der Waals surface area contributed by atoms with Crippen molar-refractivity contribution in [3.63, 3.8) is 0 Å². The Labute approximate surface area is 116 Å². The number of carbonyl (C=O) groups is 1. The Kier molecular flexibility index (Phi) is 4.75. The number of nitrogens with two attached hydrogens (primary N) is 1. The van der Waals surface area contributed by atoms with E-state index in [0.29, 0.717) is 13.0 Å². The van der Waals surface area contributed by atoms with Gasteiger partial charge in [0, 0.05) is 6.54 Å². The maximum atomic E-state index is 12.2. The molecule has 0 saturated heterocycles. The van der Waals surface area contributed by atoms with Gasteiger partial charge in [0.15, 0.2) is 0 Å². The molecule has 0 aromatic heterocycles. The van der Waals surface area contributed by atoms with Crippen LogP contribution in [0.3, 0.4) is 0 Å². The number of carbonyl (C=O) groups excluding carboxylic acids is 1. The first-order valence-electron chi connectivity index (χ1n) is 6.65. The Balaban J connectivity index is 2.74. The van der Waals surface area contributed by atoms with E-state index in [2.05, 4.69) is 0 Å². The van der Waals surface area contributed by atoms with E-state index in [-0.39, 0.29) is 5.97 Å². The van der Waals surface area contributed by atoms with Crippen LogP contribution in [0.25, 0.3) is 0 Å². The first-order chi connectivity index (χ1) is 8.64. The summed E-state index contributed by atoms with van der Waals surface area (Å²) in [5.74, 6) is -0.164. The number of rotatable bonds is 4. The minimum absolute atomic E-state index is 0.164. The predicted molar refractivity (Wildman–Crippen MR) is 77.7 cm³/mol. The fourth-order valence-corrected chi connectivity index (χ4v) is 1.79. The van der Waals surface area contributed by atoms with Crippen molar-refractivity contribution in [2.24, 2.45) is 11.1 Å². The molecule has 2 N–H and O–H groups in total. The molecule has 0 saturated carbocycles. The maximum absolute atomic E-state index is 12.2. The monoisotopic (exact) mass is 263 g/mol. The number of esters is 1. The lowest BCUT2D eigenvalue weighted by atomic mass is 9.85. The Morgan fingerprint density at radius 2 is 1.53 bits per heavy atom. The average molecular weight is 263 g/mol. The molecule has 0 radical (unpaired) electrons. The lowest BCUT2D eigenvalue weighted by molar-refractivity contribution is -0.165. The van der Waals surface area contributed by atoms with E-state index >= 15 is 0 Å². The maximum Gasteiger partial charge on any atom is 0.312 e. The summed E-state index contributed by atoms with van der Waals surface area (Å²) in [4.78, 5) is 12.2. The summed E-state index contributed by atoms with van der Waals surface area (Å²) in [6.07, 6.45) is 0.659. The number of hydrogen-bond acceptors (Lipinski definition) is 3. The van der Waals surface area contributed by atoms with Gasteiger partial charge in [-0.3, -0.25) is 4.79 Å². The number of ether oxygens (including phenoxy) is 1. The molecular weight excluding hydrogens is 238 g/mol. The van der Waals surface area contributed by atoms with E-state index in [0.717, 1.165) is 11.1 Å². The van der Waals surface area contributed by atoms with Crippen LogP contribution < -0.4 is 5.73 Å². The Hall–Kier alpha value is -1.35. The summed E-state index contributed by atoms with van der Waals surface area (Å²) in [5, 5.41) is 0. The summed E-state index contributed by atoms with van der Waals surface area (Å²) in [7, 11) is 0. The van der Waals surface area contributed by atoms with Gasteiger partial charge in [-0.15, -0.1) is 0 Å². The summed E-state index contributed by atoms with van der Waals surface area (Å²) in [5.41, 5.74) is 6.81. The van der Waals surface area contributed by atoms with E-state index in [1.807, 2.05) is 58.9 Å². The zero-order valence-corrected chi connectivity index (χ0v) is 12.6. The molecule has 0 unspecified atom stereocenters. The zero-order chi connectivity index (χ0) is 14.7. The van der Waals surface area contributed by atoms with E-state index in [9.17, 15) is 4.79 Å². The third-order valence-electron chi connectivity index (χ3n) is 2.86. The van der Waals surface area contributed by atoms with Crippen LogP contribution in [0, 0.1) is 5.41 Å². The molecule has 0 atom stereocenters. The lowest BCUT2D eigenvalue weighted by Crippen LogP contribution is -2.35. The van der Waals surface area contributed by atoms with Crippen molar-refractivity contribution < 1.29 is 9.53 Å². The first-order valence-corrected chi connectivity index (χ1v) is 6.65. The van der Waals surface area contributed by atoms with Crippen molar-refractivity contribution in [1.29, 1.82) is 0 Å². The minimum atomic E-state index is -0.530. The van der Waals surface area contributed by atoms with E-state index in [4.69, 9.17) is 10.5 Å². The van der Waals surface area contributed by atoms with Gasteiger partial charge in [-0.1, -0.05) is 24.3 Å². The molecule has 106 valence electrons. The van der Waals surface area contributed by atoms with Gasteiger partial charge >= 0.3 is 5.97 Å². The van der Waals surface area contributed by atoms with Crippen LogP contribution in [-0.4, -0.2) is 11.6 Å². The van der Waals surface area contributed by atoms with Crippen LogP contribution in [0.15, 0.2) is 24.3 Å². The quantitative estimate of drug-likeness (QED) is 0.849. The number of hydrogen-bond donors (Lipinski definition) is 1. The average Bonchev–Trinajstić information content (AvgIpc) is 2.27. The molecule has 3 heteroatoms. The van der Waals surface area contributed by atoms with Gasteiger partial charge in [0.2, 0.25) is 0 Å². The zero-order valence-electron chi connectivity index (χ0n) is 12.6. The lowest BCUT2D eigenvalue weighted by Gasteiger charge is -2.28. The third-order valence-corrected chi connectivity index (χ3v) is 2.86. The Morgan fingerprint density at radius 3 is 1.95 bits per heavy atom. The van der Waals surface area contributed by atoms with Crippen molar-refractivity contribution in [3.8, 4) is 0 Å². The van der Waals surface area contributed by atoms with E-state index in [1.165, 1.54) is 0 Å². The molecule has 0 spiro atoms. The molecule has 0 bridgehead atoms. The van der Waals surface area contributed by atoms with Crippen molar-refractivity contribution >= 4 is 5.97 Å². The Bertz CT molecular complexity index is 427. The topological polar surface area (TPSA) is 52.3 Å². The molecule has 0 aliphatic carbocycles. The summed E-state index contributed by atoms with van der Waals surface area (Å²) < 4.78 is 5.46. The van der Waals surface area contributed by atoms with Crippen molar-refractivity contribution in [1.82, 2.24) is 0 Å². The highest BCUT2D eigenvalue weighted by atomic mass is 16.6. The molecule has 1 rings (SSSR count).